The fraction of sp³-hybridized carbons (Fsp3) is 0.409. The zero-order chi connectivity index (χ0) is 20.7. The highest BCUT2D eigenvalue weighted by Gasteiger charge is 2.55. The molecule has 0 bridgehead atoms. The number of imide groups is 1. The molecule has 2 unspecified atom stereocenters. The van der Waals surface area contributed by atoms with Crippen LogP contribution in [0.1, 0.15) is 32.8 Å². The Kier molecular flexibility index (Phi) is 4.90. The Morgan fingerprint density at radius 2 is 1.79 bits per heavy atom. The second-order valence-corrected chi connectivity index (χ2v) is 7.64. The van der Waals surface area contributed by atoms with Gasteiger partial charge in [0.15, 0.2) is 12.2 Å². The summed E-state index contributed by atoms with van der Waals surface area (Å²) in [7, 11) is 1.72. The summed E-state index contributed by atoms with van der Waals surface area (Å²) in [4.78, 5) is 38.1. The highest BCUT2D eigenvalue weighted by atomic mass is 16.2. The maximum atomic E-state index is 13.4. The Labute approximate surface area is 171 Å². The van der Waals surface area contributed by atoms with Gasteiger partial charge in [-0.2, -0.15) is 0 Å². The molecule has 3 heterocycles. The number of hydrogen-bond donors (Lipinski definition) is 0. The smallest absolute Gasteiger partial charge is 0.315 e. The standard InChI is InChI=1S/C22H27N5O2/c1-5-13-25-15(2)16(3)27-18-19(23-21(25)27)24(4)22(29)26(20(18)28)14-9-12-17-10-7-6-8-11-17/h6-12,18-19H,5,13-14H2,1-4H3/b12-9+. The number of urea groups is 1. The number of fused-ring (bicyclic) bond motifs is 3. The SMILES string of the molecule is CCCN1C2=NC3C(C(=O)N(C/C=C/c4ccccc4)C(=O)N3C)N2C(C)=C1C. The topological polar surface area (TPSA) is 59.5 Å². The summed E-state index contributed by atoms with van der Waals surface area (Å²) in [6.07, 6.45) is 4.28. The monoisotopic (exact) mass is 393 g/mol. The second kappa shape index (κ2) is 7.39. The van der Waals surface area contributed by atoms with Crippen molar-refractivity contribution < 1.29 is 9.59 Å². The predicted octanol–water partition coefficient (Wildman–Crippen LogP) is 2.94. The fourth-order valence-electron chi connectivity index (χ4n) is 4.20. The minimum atomic E-state index is -0.505. The van der Waals surface area contributed by atoms with Crippen LogP contribution in [0, 0.1) is 0 Å². The lowest BCUT2D eigenvalue weighted by atomic mass is 10.1. The summed E-state index contributed by atoms with van der Waals surface area (Å²) in [5.74, 6) is 0.589. The minimum Gasteiger partial charge on any atom is -0.315 e. The summed E-state index contributed by atoms with van der Waals surface area (Å²) in [6.45, 7) is 7.28. The molecule has 1 aromatic carbocycles. The first-order valence-corrected chi connectivity index (χ1v) is 10.1. The van der Waals surface area contributed by atoms with Crippen LogP contribution < -0.4 is 0 Å². The number of aliphatic imine (C=N–C) groups is 1. The van der Waals surface area contributed by atoms with Crippen LogP contribution in [-0.4, -0.2) is 69.8 Å². The Morgan fingerprint density at radius 1 is 1.07 bits per heavy atom. The van der Waals surface area contributed by atoms with E-state index in [1.54, 1.807) is 11.9 Å². The van der Waals surface area contributed by atoms with Gasteiger partial charge in [0, 0.05) is 31.5 Å². The molecule has 1 aromatic rings. The van der Waals surface area contributed by atoms with Gasteiger partial charge in [-0.15, -0.1) is 0 Å². The lowest BCUT2D eigenvalue weighted by molar-refractivity contribution is -0.136. The molecule has 152 valence electrons. The number of guanidine groups is 1. The van der Waals surface area contributed by atoms with Gasteiger partial charge < -0.3 is 9.80 Å². The van der Waals surface area contributed by atoms with Crippen molar-refractivity contribution in [3.05, 3.63) is 53.4 Å². The summed E-state index contributed by atoms with van der Waals surface area (Å²) < 4.78 is 0. The van der Waals surface area contributed by atoms with Crippen molar-refractivity contribution in [3.8, 4) is 0 Å². The Hall–Kier alpha value is -3.09. The maximum Gasteiger partial charge on any atom is 0.328 e. The number of benzene rings is 1. The molecule has 4 rings (SSSR count). The van der Waals surface area contributed by atoms with E-state index >= 15 is 0 Å². The lowest BCUT2D eigenvalue weighted by Crippen LogP contribution is -2.64. The van der Waals surface area contributed by atoms with Crippen LogP contribution in [-0.2, 0) is 4.79 Å². The van der Waals surface area contributed by atoms with Gasteiger partial charge in [-0.3, -0.25) is 14.6 Å². The highest BCUT2D eigenvalue weighted by molar-refractivity contribution is 6.05. The third kappa shape index (κ3) is 3.01. The van der Waals surface area contributed by atoms with Crippen molar-refractivity contribution in [3.63, 3.8) is 0 Å². The number of rotatable bonds is 5. The average molecular weight is 393 g/mol. The van der Waals surface area contributed by atoms with E-state index in [-0.39, 0.29) is 18.5 Å². The second-order valence-electron chi connectivity index (χ2n) is 7.64. The number of amides is 3. The molecular formula is C22H27N5O2. The van der Waals surface area contributed by atoms with Gasteiger partial charge in [-0.05, 0) is 25.8 Å². The van der Waals surface area contributed by atoms with Crippen molar-refractivity contribution in [2.24, 2.45) is 4.99 Å². The molecule has 7 heteroatoms. The van der Waals surface area contributed by atoms with Crippen molar-refractivity contribution in [1.82, 2.24) is 19.6 Å². The Balaban J connectivity index is 1.59. The van der Waals surface area contributed by atoms with Crippen LogP contribution in [0.2, 0.25) is 0 Å². The largest absolute Gasteiger partial charge is 0.328 e. The minimum absolute atomic E-state index is 0.194. The molecule has 3 aliphatic heterocycles. The molecule has 0 radical (unpaired) electrons. The maximum absolute atomic E-state index is 13.4. The number of likely N-dealkylation sites (N-methyl/N-ethyl adjacent to an activating group) is 1. The molecule has 0 aliphatic carbocycles. The van der Waals surface area contributed by atoms with E-state index in [2.05, 4.69) is 18.7 Å². The van der Waals surface area contributed by atoms with Crippen molar-refractivity contribution in [2.45, 2.75) is 39.4 Å². The quantitative estimate of drug-likeness (QED) is 0.772. The van der Waals surface area contributed by atoms with Crippen LogP contribution in [0.25, 0.3) is 6.08 Å². The van der Waals surface area contributed by atoms with E-state index < -0.39 is 12.2 Å². The third-order valence-electron chi connectivity index (χ3n) is 5.85. The Morgan fingerprint density at radius 3 is 2.48 bits per heavy atom. The lowest BCUT2D eigenvalue weighted by Gasteiger charge is -2.40. The molecule has 0 saturated carbocycles. The van der Waals surface area contributed by atoms with Gasteiger partial charge in [-0.1, -0.05) is 49.4 Å². The van der Waals surface area contributed by atoms with Crippen LogP contribution in [0.5, 0.6) is 0 Å². The van der Waals surface area contributed by atoms with E-state index in [0.29, 0.717) is 0 Å². The molecule has 0 spiro atoms. The zero-order valence-electron chi connectivity index (χ0n) is 17.4. The van der Waals surface area contributed by atoms with E-state index in [1.807, 2.05) is 54.3 Å². The molecule has 2 atom stereocenters. The third-order valence-corrected chi connectivity index (χ3v) is 5.85. The van der Waals surface area contributed by atoms with Gasteiger partial charge in [0.2, 0.25) is 5.96 Å². The number of hydrogen-bond acceptors (Lipinski definition) is 5. The van der Waals surface area contributed by atoms with Gasteiger partial charge in [0.05, 0.1) is 0 Å². The van der Waals surface area contributed by atoms with E-state index in [0.717, 1.165) is 35.9 Å². The normalized spacial score (nSPS) is 24.1. The van der Waals surface area contributed by atoms with Gasteiger partial charge in [0.25, 0.3) is 5.91 Å². The first kappa shape index (κ1) is 19.2. The fourth-order valence-corrected chi connectivity index (χ4v) is 4.20. The summed E-state index contributed by atoms with van der Waals surface area (Å²) in [5, 5.41) is 0. The van der Waals surface area contributed by atoms with E-state index in [4.69, 9.17) is 4.99 Å². The number of nitrogens with zero attached hydrogens (tertiary/aromatic N) is 5. The van der Waals surface area contributed by atoms with Crippen molar-refractivity contribution in [2.75, 3.05) is 20.1 Å². The first-order chi connectivity index (χ1) is 14.0. The summed E-state index contributed by atoms with van der Waals surface area (Å²) >= 11 is 0. The van der Waals surface area contributed by atoms with Crippen LogP contribution in [0.3, 0.4) is 0 Å². The first-order valence-electron chi connectivity index (χ1n) is 10.1. The highest BCUT2D eigenvalue weighted by Crippen LogP contribution is 2.37. The number of carbonyl (C=O) groups excluding carboxylic acids is 2. The van der Waals surface area contributed by atoms with Gasteiger partial charge in [-0.25, -0.2) is 9.79 Å². The van der Waals surface area contributed by atoms with Gasteiger partial charge >= 0.3 is 6.03 Å². The number of allylic oxidation sites excluding steroid dienone is 2. The summed E-state index contributed by atoms with van der Waals surface area (Å²) in [6, 6.07) is 9.03. The van der Waals surface area contributed by atoms with Gasteiger partial charge in [0.1, 0.15) is 0 Å². The Bertz CT molecular complexity index is 920. The molecule has 0 aromatic heterocycles. The van der Waals surface area contributed by atoms with Crippen LogP contribution >= 0.6 is 0 Å². The van der Waals surface area contributed by atoms with Crippen LogP contribution in [0.4, 0.5) is 4.79 Å². The molecule has 7 nitrogen and oxygen atoms in total. The molecular weight excluding hydrogens is 366 g/mol. The van der Waals surface area contributed by atoms with E-state index in [9.17, 15) is 9.59 Å². The molecule has 1 fully saturated rings. The zero-order valence-corrected chi connectivity index (χ0v) is 17.4. The number of carbonyl (C=O) groups is 2. The predicted molar refractivity (Wildman–Crippen MR) is 113 cm³/mol. The molecule has 1 saturated heterocycles. The van der Waals surface area contributed by atoms with E-state index in [1.165, 1.54) is 4.90 Å². The molecule has 3 aliphatic rings. The van der Waals surface area contributed by atoms with Crippen molar-refractivity contribution in [1.29, 1.82) is 0 Å². The molecule has 3 amide bonds. The molecule has 29 heavy (non-hydrogen) atoms. The van der Waals surface area contributed by atoms with Crippen molar-refractivity contribution >= 4 is 24.0 Å². The summed E-state index contributed by atoms with van der Waals surface area (Å²) in [5.41, 5.74) is 3.18. The average Bonchev–Trinajstić information content (AvgIpc) is 3.22. The van der Waals surface area contributed by atoms with Crippen LogP contribution in [0.15, 0.2) is 52.8 Å². The molecule has 0 N–H and O–H groups in total.